The third kappa shape index (κ3) is 3.80. The number of aromatic nitrogens is 1. The summed E-state index contributed by atoms with van der Waals surface area (Å²) in [5, 5.41) is 14.4. The molecule has 33 heavy (non-hydrogen) atoms. The number of aryl methyl sites for hydroxylation is 3. The zero-order valence-electron chi connectivity index (χ0n) is 18.5. The van der Waals surface area contributed by atoms with Gasteiger partial charge in [-0.3, -0.25) is 4.79 Å². The van der Waals surface area contributed by atoms with Crippen LogP contribution in [0.15, 0.2) is 77.2 Å². The van der Waals surface area contributed by atoms with Crippen LogP contribution in [0.5, 0.6) is 11.5 Å². The number of carbonyl (C=O) groups is 1. The molecule has 0 radical (unpaired) electrons. The molecule has 0 saturated carbocycles. The van der Waals surface area contributed by atoms with E-state index in [2.05, 4.69) is 17.4 Å². The van der Waals surface area contributed by atoms with Crippen molar-refractivity contribution in [2.75, 3.05) is 12.4 Å². The summed E-state index contributed by atoms with van der Waals surface area (Å²) in [7, 11) is 3.50. The first-order valence-corrected chi connectivity index (χ1v) is 10.8. The summed E-state index contributed by atoms with van der Waals surface area (Å²) >= 11 is 0. The molecule has 5 aromatic rings. The van der Waals surface area contributed by atoms with Gasteiger partial charge in [-0.1, -0.05) is 36.4 Å². The molecule has 0 unspecified atom stereocenters. The second-order valence-corrected chi connectivity index (χ2v) is 8.03. The number of fused-ring (bicyclic) bond motifs is 3. The lowest BCUT2D eigenvalue weighted by atomic mass is 10.0. The summed E-state index contributed by atoms with van der Waals surface area (Å²) in [6.07, 6.45) is 1.80. The van der Waals surface area contributed by atoms with Crippen molar-refractivity contribution in [3.8, 4) is 11.5 Å². The number of rotatable bonds is 6. The largest absolute Gasteiger partial charge is 0.503 e. The minimum absolute atomic E-state index is 0.0927. The fourth-order valence-electron chi connectivity index (χ4n) is 4.16. The predicted molar refractivity (Wildman–Crippen MR) is 129 cm³/mol. The maximum atomic E-state index is 12.8. The van der Waals surface area contributed by atoms with E-state index in [0.717, 1.165) is 29.5 Å². The van der Waals surface area contributed by atoms with Gasteiger partial charge in [-0.15, -0.1) is 0 Å². The van der Waals surface area contributed by atoms with Crippen LogP contribution in [0.1, 0.15) is 21.7 Å². The molecule has 0 bridgehead atoms. The standard InChI is InChI=1S/C27H24N2O4/c1-29-22-6-4-3-5-21(22)25-23(29)24(30)26(33-25)27(31)28-19-13-9-17(10-14-19)7-8-18-11-15-20(32-2)16-12-18/h3-6,9-16,30H,7-8H2,1-2H3,(H,28,31). The monoisotopic (exact) mass is 440 g/mol. The molecule has 2 heterocycles. The SMILES string of the molecule is COc1ccc(CCc2ccc(NC(=O)c3oc4c5ccccc5n(C)c4c3O)cc2)cc1. The quantitative estimate of drug-likeness (QED) is 0.356. The second kappa shape index (κ2) is 8.39. The Morgan fingerprint density at radius 1 is 0.970 bits per heavy atom. The molecular weight excluding hydrogens is 416 g/mol. The number of furan rings is 1. The number of amides is 1. The van der Waals surface area contributed by atoms with Gasteiger partial charge in [0.25, 0.3) is 5.91 Å². The minimum atomic E-state index is -0.487. The van der Waals surface area contributed by atoms with Crippen molar-refractivity contribution in [3.63, 3.8) is 0 Å². The van der Waals surface area contributed by atoms with Gasteiger partial charge in [-0.2, -0.15) is 0 Å². The Balaban J connectivity index is 1.29. The highest BCUT2D eigenvalue weighted by Gasteiger charge is 2.25. The number of nitrogens with zero attached hydrogens (tertiary/aromatic N) is 1. The van der Waals surface area contributed by atoms with Crippen molar-refractivity contribution in [2.24, 2.45) is 7.05 Å². The van der Waals surface area contributed by atoms with Crippen LogP contribution in [0.3, 0.4) is 0 Å². The van der Waals surface area contributed by atoms with Crippen LogP contribution in [-0.4, -0.2) is 22.7 Å². The normalized spacial score (nSPS) is 11.2. The van der Waals surface area contributed by atoms with Crippen molar-refractivity contribution in [1.82, 2.24) is 4.57 Å². The fourth-order valence-corrected chi connectivity index (χ4v) is 4.16. The zero-order chi connectivity index (χ0) is 22.9. The lowest BCUT2D eigenvalue weighted by molar-refractivity contribution is 0.0995. The number of methoxy groups -OCH3 is 1. The van der Waals surface area contributed by atoms with E-state index in [4.69, 9.17) is 9.15 Å². The van der Waals surface area contributed by atoms with E-state index in [1.54, 1.807) is 7.11 Å². The number of ether oxygens (including phenoxy) is 1. The number of benzene rings is 3. The first kappa shape index (κ1) is 20.7. The summed E-state index contributed by atoms with van der Waals surface area (Å²) in [6.45, 7) is 0. The molecule has 2 N–H and O–H groups in total. The van der Waals surface area contributed by atoms with E-state index in [0.29, 0.717) is 16.8 Å². The average Bonchev–Trinajstić information content (AvgIpc) is 3.34. The molecule has 0 saturated heterocycles. The number of para-hydroxylation sites is 1. The Morgan fingerprint density at radius 2 is 1.61 bits per heavy atom. The molecule has 6 nitrogen and oxygen atoms in total. The Hall–Kier alpha value is -4.19. The van der Waals surface area contributed by atoms with Gasteiger partial charge in [0.2, 0.25) is 5.76 Å². The first-order chi connectivity index (χ1) is 16.0. The summed E-state index contributed by atoms with van der Waals surface area (Å²) in [5.41, 5.74) is 4.99. The highest BCUT2D eigenvalue weighted by Crippen LogP contribution is 2.38. The number of nitrogens with one attached hydrogen (secondary N) is 1. The van der Waals surface area contributed by atoms with Gasteiger partial charge in [-0.05, 0) is 60.4 Å². The van der Waals surface area contributed by atoms with Crippen molar-refractivity contribution in [2.45, 2.75) is 12.8 Å². The molecule has 166 valence electrons. The van der Waals surface area contributed by atoms with Crippen LogP contribution in [0, 0.1) is 0 Å². The molecule has 0 atom stereocenters. The smallest absolute Gasteiger partial charge is 0.295 e. The molecular formula is C27H24N2O4. The van der Waals surface area contributed by atoms with Crippen LogP contribution in [-0.2, 0) is 19.9 Å². The highest BCUT2D eigenvalue weighted by molar-refractivity contribution is 6.13. The molecule has 6 heteroatoms. The van der Waals surface area contributed by atoms with Gasteiger partial charge in [0.05, 0.1) is 12.6 Å². The Kier molecular flexibility index (Phi) is 5.26. The molecule has 0 spiro atoms. The van der Waals surface area contributed by atoms with Crippen molar-refractivity contribution in [3.05, 3.63) is 89.7 Å². The van der Waals surface area contributed by atoms with Gasteiger partial charge in [-0.25, -0.2) is 0 Å². The first-order valence-electron chi connectivity index (χ1n) is 10.8. The summed E-state index contributed by atoms with van der Waals surface area (Å²) in [4.78, 5) is 12.8. The summed E-state index contributed by atoms with van der Waals surface area (Å²) in [6, 6.07) is 23.4. The second-order valence-electron chi connectivity index (χ2n) is 8.03. The molecule has 5 rings (SSSR count). The number of hydrogen-bond donors (Lipinski definition) is 2. The van der Waals surface area contributed by atoms with Crippen molar-refractivity contribution >= 4 is 33.6 Å². The van der Waals surface area contributed by atoms with Crippen LogP contribution >= 0.6 is 0 Å². The van der Waals surface area contributed by atoms with E-state index in [9.17, 15) is 9.90 Å². The van der Waals surface area contributed by atoms with Gasteiger partial charge in [0.1, 0.15) is 11.3 Å². The average molecular weight is 440 g/mol. The zero-order valence-corrected chi connectivity index (χ0v) is 18.5. The topological polar surface area (TPSA) is 76.6 Å². The third-order valence-corrected chi connectivity index (χ3v) is 5.98. The number of hydrogen-bond acceptors (Lipinski definition) is 4. The molecule has 0 aliphatic heterocycles. The van der Waals surface area contributed by atoms with E-state index >= 15 is 0 Å². The van der Waals surface area contributed by atoms with Crippen LogP contribution in [0.25, 0.3) is 22.0 Å². The van der Waals surface area contributed by atoms with E-state index in [1.807, 2.05) is 72.3 Å². The van der Waals surface area contributed by atoms with E-state index in [1.165, 1.54) is 11.1 Å². The fraction of sp³-hybridized carbons (Fsp3) is 0.148. The Morgan fingerprint density at radius 3 is 2.27 bits per heavy atom. The maximum absolute atomic E-state index is 12.8. The summed E-state index contributed by atoms with van der Waals surface area (Å²) in [5.74, 6) is 0.114. The number of aromatic hydroxyl groups is 1. The molecule has 3 aromatic carbocycles. The maximum Gasteiger partial charge on any atom is 0.295 e. The van der Waals surface area contributed by atoms with Crippen LogP contribution in [0.2, 0.25) is 0 Å². The Bertz CT molecular complexity index is 1440. The van der Waals surface area contributed by atoms with Crippen molar-refractivity contribution in [1.29, 1.82) is 0 Å². The van der Waals surface area contributed by atoms with Gasteiger partial charge < -0.3 is 24.1 Å². The molecule has 2 aromatic heterocycles. The molecule has 1 amide bonds. The minimum Gasteiger partial charge on any atom is -0.503 e. The van der Waals surface area contributed by atoms with E-state index in [-0.39, 0.29) is 11.5 Å². The van der Waals surface area contributed by atoms with E-state index < -0.39 is 5.91 Å². The number of anilines is 1. The Labute approximate surface area is 191 Å². The van der Waals surface area contributed by atoms with Crippen LogP contribution < -0.4 is 10.1 Å². The lowest BCUT2D eigenvalue weighted by Gasteiger charge is -2.07. The molecule has 0 aliphatic carbocycles. The van der Waals surface area contributed by atoms with Crippen molar-refractivity contribution < 1.29 is 19.1 Å². The third-order valence-electron chi connectivity index (χ3n) is 5.98. The summed E-state index contributed by atoms with van der Waals surface area (Å²) < 4.78 is 12.8. The lowest BCUT2D eigenvalue weighted by Crippen LogP contribution is -2.11. The molecule has 0 aliphatic rings. The van der Waals surface area contributed by atoms with Gasteiger partial charge >= 0.3 is 0 Å². The van der Waals surface area contributed by atoms with Crippen LogP contribution in [0.4, 0.5) is 5.69 Å². The van der Waals surface area contributed by atoms with Gasteiger partial charge in [0, 0.05) is 18.1 Å². The highest BCUT2D eigenvalue weighted by atomic mass is 16.5. The van der Waals surface area contributed by atoms with Gasteiger partial charge in [0.15, 0.2) is 11.3 Å². The molecule has 0 fully saturated rings. The predicted octanol–water partition coefficient (Wildman–Crippen LogP) is 5.68. The number of carbonyl (C=O) groups excluding carboxylic acids is 1.